The van der Waals surface area contributed by atoms with Gasteiger partial charge in [-0.1, -0.05) is 29.3 Å². The molecule has 1 aromatic rings. The van der Waals surface area contributed by atoms with Crippen LogP contribution in [0.2, 0.25) is 0 Å². The van der Waals surface area contributed by atoms with E-state index in [0.29, 0.717) is 5.41 Å². The number of hydrogen-bond donors (Lipinski definition) is 1. The smallest absolute Gasteiger partial charge is 0.00173 e. The quantitative estimate of drug-likeness (QED) is 0.777. The molecule has 1 fully saturated rings. The average molecular weight is 189 g/mol. The van der Waals surface area contributed by atoms with E-state index in [0.717, 1.165) is 6.54 Å². The lowest BCUT2D eigenvalue weighted by Gasteiger charge is -2.13. The van der Waals surface area contributed by atoms with E-state index in [9.17, 15) is 0 Å². The SMILES string of the molecule is Cc1cc(C)cc(CC2(CN)CC2)c1. The second-order valence-corrected chi connectivity index (χ2v) is 4.88. The fourth-order valence-electron chi connectivity index (χ4n) is 2.23. The minimum Gasteiger partial charge on any atom is -0.330 e. The van der Waals surface area contributed by atoms with Crippen LogP contribution in [-0.4, -0.2) is 6.54 Å². The summed E-state index contributed by atoms with van der Waals surface area (Å²) >= 11 is 0. The first-order chi connectivity index (χ1) is 6.63. The number of nitrogens with two attached hydrogens (primary N) is 1. The second kappa shape index (κ2) is 3.39. The van der Waals surface area contributed by atoms with Crippen LogP contribution in [0.3, 0.4) is 0 Å². The van der Waals surface area contributed by atoms with Crippen LogP contribution in [0, 0.1) is 19.3 Å². The first-order valence-electron chi connectivity index (χ1n) is 5.41. The molecule has 1 heteroatoms. The Morgan fingerprint density at radius 3 is 2.14 bits per heavy atom. The van der Waals surface area contributed by atoms with Crippen molar-refractivity contribution >= 4 is 0 Å². The van der Waals surface area contributed by atoms with Gasteiger partial charge >= 0.3 is 0 Å². The van der Waals surface area contributed by atoms with E-state index < -0.39 is 0 Å². The summed E-state index contributed by atoms with van der Waals surface area (Å²) in [6.07, 6.45) is 3.80. The van der Waals surface area contributed by atoms with E-state index >= 15 is 0 Å². The lowest BCUT2D eigenvalue weighted by atomic mass is 9.94. The van der Waals surface area contributed by atoms with Gasteiger partial charge in [0.2, 0.25) is 0 Å². The first-order valence-corrected chi connectivity index (χ1v) is 5.41. The highest BCUT2D eigenvalue weighted by molar-refractivity contribution is 5.30. The molecule has 2 N–H and O–H groups in total. The molecule has 76 valence electrons. The molecule has 0 spiro atoms. The van der Waals surface area contributed by atoms with Gasteiger partial charge in [-0.25, -0.2) is 0 Å². The van der Waals surface area contributed by atoms with Crippen molar-refractivity contribution in [3.63, 3.8) is 0 Å². The van der Waals surface area contributed by atoms with Crippen LogP contribution >= 0.6 is 0 Å². The van der Waals surface area contributed by atoms with Crippen LogP contribution < -0.4 is 5.73 Å². The monoisotopic (exact) mass is 189 g/mol. The average Bonchev–Trinajstić information content (AvgIpc) is 2.83. The Kier molecular flexibility index (Phi) is 2.36. The Morgan fingerprint density at radius 1 is 1.14 bits per heavy atom. The van der Waals surface area contributed by atoms with Crippen molar-refractivity contribution in [2.75, 3.05) is 6.54 Å². The Hall–Kier alpha value is -0.820. The van der Waals surface area contributed by atoms with Gasteiger partial charge in [0.05, 0.1) is 0 Å². The van der Waals surface area contributed by atoms with Crippen molar-refractivity contribution in [2.24, 2.45) is 11.1 Å². The topological polar surface area (TPSA) is 26.0 Å². The van der Waals surface area contributed by atoms with Crippen LogP contribution in [0.4, 0.5) is 0 Å². The number of aryl methyl sites for hydroxylation is 2. The zero-order valence-corrected chi connectivity index (χ0v) is 9.14. The molecule has 1 aromatic carbocycles. The van der Waals surface area contributed by atoms with Crippen LogP contribution in [0.1, 0.15) is 29.5 Å². The molecule has 2 rings (SSSR count). The number of benzene rings is 1. The first kappa shape index (κ1) is 9.72. The Balaban J connectivity index is 2.16. The minimum atomic E-state index is 0.459. The van der Waals surface area contributed by atoms with Gasteiger partial charge in [-0.2, -0.15) is 0 Å². The van der Waals surface area contributed by atoms with E-state index in [-0.39, 0.29) is 0 Å². The van der Waals surface area contributed by atoms with Gasteiger partial charge in [-0.3, -0.25) is 0 Å². The molecule has 1 nitrogen and oxygen atoms in total. The molecule has 0 unspecified atom stereocenters. The third-order valence-electron chi connectivity index (χ3n) is 3.25. The molecule has 0 heterocycles. The predicted molar refractivity (Wildman–Crippen MR) is 60.3 cm³/mol. The number of rotatable bonds is 3. The van der Waals surface area contributed by atoms with Crippen LogP contribution in [0.25, 0.3) is 0 Å². The fraction of sp³-hybridized carbons (Fsp3) is 0.538. The van der Waals surface area contributed by atoms with Gasteiger partial charge in [-0.05, 0) is 50.6 Å². The molecule has 0 saturated heterocycles. The van der Waals surface area contributed by atoms with Crippen molar-refractivity contribution < 1.29 is 0 Å². The zero-order valence-electron chi connectivity index (χ0n) is 9.14. The Bertz CT molecular complexity index is 317. The van der Waals surface area contributed by atoms with E-state index in [1.807, 2.05) is 0 Å². The van der Waals surface area contributed by atoms with Gasteiger partial charge in [-0.15, -0.1) is 0 Å². The van der Waals surface area contributed by atoms with Gasteiger partial charge in [0, 0.05) is 0 Å². The second-order valence-electron chi connectivity index (χ2n) is 4.88. The van der Waals surface area contributed by atoms with Crippen LogP contribution in [0.15, 0.2) is 18.2 Å². The molecule has 0 amide bonds. The predicted octanol–water partition coefficient (Wildman–Crippen LogP) is 2.58. The summed E-state index contributed by atoms with van der Waals surface area (Å²) in [6, 6.07) is 6.82. The van der Waals surface area contributed by atoms with Gasteiger partial charge < -0.3 is 5.73 Å². The van der Waals surface area contributed by atoms with E-state index in [1.54, 1.807) is 0 Å². The third-order valence-corrected chi connectivity index (χ3v) is 3.25. The summed E-state index contributed by atoms with van der Waals surface area (Å²) in [6.45, 7) is 5.18. The maximum atomic E-state index is 5.79. The zero-order chi connectivity index (χ0) is 10.2. The lowest BCUT2D eigenvalue weighted by molar-refractivity contribution is 0.521. The summed E-state index contributed by atoms with van der Waals surface area (Å²) in [5.74, 6) is 0. The van der Waals surface area contributed by atoms with Gasteiger partial charge in [0.1, 0.15) is 0 Å². The molecular weight excluding hydrogens is 170 g/mol. The third kappa shape index (κ3) is 1.98. The highest BCUT2D eigenvalue weighted by atomic mass is 14.6. The summed E-state index contributed by atoms with van der Waals surface area (Å²) < 4.78 is 0. The summed E-state index contributed by atoms with van der Waals surface area (Å²) in [5.41, 5.74) is 10.5. The van der Waals surface area contributed by atoms with E-state index in [1.165, 1.54) is 36.0 Å². The standard InChI is InChI=1S/C13H19N/c1-10-5-11(2)7-12(6-10)8-13(9-14)3-4-13/h5-7H,3-4,8-9,14H2,1-2H3. The normalized spacial score (nSPS) is 18.2. The fourth-order valence-corrected chi connectivity index (χ4v) is 2.23. The molecule has 0 aromatic heterocycles. The van der Waals surface area contributed by atoms with E-state index in [2.05, 4.69) is 32.0 Å². The molecule has 1 aliphatic carbocycles. The van der Waals surface area contributed by atoms with Crippen molar-refractivity contribution in [1.82, 2.24) is 0 Å². The van der Waals surface area contributed by atoms with E-state index in [4.69, 9.17) is 5.73 Å². The molecule has 0 aliphatic heterocycles. The maximum absolute atomic E-state index is 5.79. The van der Waals surface area contributed by atoms with Gasteiger partial charge in [0.15, 0.2) is 0 Å². The summed E-state index contributed by atoms with van der Waals surface area (Å²) in [4.78, 5) is 0. The molecule has 14 heavy (non-hydrogen) atoms. The van der Waals surface area contributed by atoms with Crippen LogP contribution in [-0.2, 0) is 6.42 Å². The Labute approximate surface area is 86.3 Å². The van der Waals surface area contributed by atoms with Crippen molar-refractivity contribution in [2.45, 2.75) is 33.1 Å². The van der Waals surface area contributed by atoms with Crippen molar-refractivity contribution in [3.05, 3.63) is 34.9 Å². The number of hydrogen-bond acceptors (Lipinski definition) is 1. The molecule has 1 aliphatic rings. The highest BCUT2D eigenvalue weighted by Crippen LogP contribution is 2.47. The molecular formula is C13H19N. The molecule has 0 bridgehead atoms. The van der Waals surface area contributed by atoms with Crippen molar-refractivity contribution in [3.8, 4) is 0 Å². The lowest BCUT2D eigenvalue weighted by Crippen LogP contribution is -2.17. The molecule has 0 radical (unpaired) electrons. The minimum absolute atomic E-state index is 0.459. The van der Waals surface area contributed by atoms with Crippen molar-refractivity contribution in [1.29, 1.82) is 0 Å². The highest BCUT2D eigenvalue weighted by Gasteiger charge is 2.40. The Morgan fingerprint density at radius 2 is 1.71 bits per heavy atom. The summed E-state index contributed by atoms with van der Waals surface area (Å²) in [7, 11) is 0. The molecule has 0 atom stereocenters. The largest absolute Gasteiger partial charge is 0.330 e. The maximum Gasteiger partial charge on any atom is -0.00173 e. The molecule has 1 saturated carbocycles. The van der Waals surface area contributed by atoms with Crippen LogP contribution in [0.5, 0.6) is 0 Å². The summed E-state index contributed by atoms with van der Waals surface area (Å²) in [5, 5.41) is 0. The van der Waals surface area contributed by atoms with Gasteiger partial charge in [0.25, 0.3) is 0 Å².